The number of phenolic OH excluding ortho intramolecular Hbond substituents is 1. The van der Waals surface area contributed by atoms with Crippen LogP contribution in [0, 0.1) is 0 Å². The number of phenols is 1. The van der Waals surface area contributed by atoms with Gasteiger partial charge in [0, 0.05) is 12.9 Å². The zero-order valence-electron chi connectivity index (χ0n) is 12.2. The minimum Gasteiger partial charge on any atom is -0.506 e. The highest BCUT2D eigenvalue weighted by Crippen LogP contribution is 2.30. The van der Waals surface area contributed by atoms with Gasteiger partial charge in [0.25, 0.3) is 0 Å². The van der Waals surface area contributed by atoms with Crippen molar-refractivity contribution in [2.24, 2.45) is 5.10 Å². The van der Waals surface area contributed by atoms with E-state index in [1.807, 2.05) is 18.3 Å². The maximum absolute atomic E-state index is 10.1. The second-order valence-electron chi connectivity index (χ2n) is 4.55. The summed E-state index contributed by atoms with van der Waals surface area (Å²) in [5, 5.41) is 15.7. The van der Waals surface area contributed by atoms with Crippen molar-refractivity contribution < 1.29 is 5.11 Å². The van der Waals surface area contributed by atoms with Crippen molar-refractivity contribution in [2.45, 2.75) is 46.5 Å². The maximum atomic E-state index is 10.1. The van der Waals surface area contributed by atoms with Gasteiger partial charge in [0.15, 0.2) is 0 Å². The fourth-order valence-corrected chi connectivity index (χ4v) is 2.00. The highest BCUT2D eigenvalue weighted by Gasteiger charge is 2.09. The molecule has 1 rings (SSSR count). The number of hydrogen-bond donors (Lipinski definition) is 1. The third-order valence-corrected chi connectivity index (χ3v) is 3.18. The lowest BCUT2D eigenvalue weighted by atomic mass is 10.1. The quantitative estimate of drug-likeness (QED) is 0.580. The first kappa shape index (κ1) is 15.3. The number of aromatic hydroxyl groups is 1. The Kier molecular flexibility index (Phi) is 6.13. The molecule has 0 spiro atoms. The molecule has 19 heavy (non-hydrogen) atoms. The van der Waals surface area contributed by atoms with Gasteiger partial charge >= 0.3 is 0 Å². The number of allylic oxidation sites excluding steroid dienone is 1. The monoisotopic (exact) mass is 260 g/mol. The predicted molar refractivity (Wildman–Crippen MR) is 82.8 cm³/mol. The molecule has 0 aromatic heterocycles. The molecule has 0 unspecified atom stereocenters. The first-order chi connectivity index (χ1) is 9.15. The third-order valence-electron chi connectivity index (χ3n) is 3.18. The molecule has 0 atom stereocenters. The Morgan fingerprint density at radius 1 is 1.37 bits per heavy atom. The van der Waals surface area contributed by atoms with Crippen molar-refractivity contribution in [3.05, 3.63) is 35.5 Å². The summed E-state index contributed by atoms with van der Waals surface area (Å²) in [6.45, 7) is 9.94. The van der Waals surface area contributed by atoms with E-state index in [0.29, 0.717) is 5.69 Å². The SMILES string of the molecule is C=NN(/C=C(/CC)CCC)c1ccc(CC)cc1O. The largest absolute Gasteiger partial charge is 0.506 e. The summed E-state index contributed by atoms with van der Waals surface area (Å²) in [6.07, 6.45) is 5.99. The van der Waals surface area contributed by atoms with Crippen LogP contribution in [-0.4, -0.2) is 11.8 Å². The summed E-state index contributed by atoms with van der Waals surface area (Å²) >= 11 is 0. The van der Waals surface area contributed by atoms with Gasteiger partial charge in [0.2, 0.25) is 0 Å². The smallest absolute Gasteiger partial charge is 0.141 e. The minimum atomic E-state index is 0.245. The number of nitrogens with zero attached hydrogens (tertiary/aromatic N) is 2. The van der Waals surface area contributed by atoms with Gasteiger partial charge in [-0.1, -0.05) is 38.8 Å². The van der Waals surface area contributed by atoms with Crippen molar-refractivity contribution in [3.63, 3.8) is 0 Å². The first-order valence-electron chi connectivity index (χ1n) is 6.93. The van der Waals surface area contributed by atoms with Crippen LogP contribution in [0.2, 0.25) is 0 Å². The summed E-state index contributed by atoms with van der Waals surface area (Å²) in [5.41, 5.74) is 3.08. The van der Waals surface area contributed by atoms with Gasteiger partial charge < -0.3 is 5.11 Å². The van der Waals surface area contributed by atoms with E-state index in [1.54, 1.807) is 11.1 Å². The van der Waals surface area contributed by atoms with E-state index in [-0.39, 0.29) is 5.75 Å². The van der Waals surface area contributed by atoms with E-state index in [0.717, 1.165) is 31.2 Å². The molecule has 0 aliphatic heterocycles. The Morgan fingerprint density at radius 3 is 2.58 bits per heavy atom. The van der Waals surface area contributed by atoms with E-state index < -0.39 is 0 Å². The molecular weight excluding hydrogens is 236 g/mol. The van der Waals surface area contributed by atoms with Gasteiger partial charge in [-0.15, -0.1) is 0 Å². The number of hydrazone groups is 1. The molecule has 0 bridgehead atoms. The molecule has 3 heteroatoms. The van der Waals surface area contributed by atoms with Gasteiger partial charge in [-0.05, 0) is 37.0 Å². The summed E-state index contributed by atoms with van der Waals surface area (Å²) in [6, 6.07) is 5.68. The van der Waals surface area contributed by atoms with Crippen molar-refractivity contribution in [1.29, 1.82) is 0 Å². The molecule has 0 saturated carbocycles. The van der Waals surface area contributed by atoms with Gasteiger partial charge in [0.05, 0.1) is 0 Å². The van der Waals surface area contributed by atoms with E-state index in [9.17, 15) is 5.11 Å². The van der Waals surface area contributed by atoms with Crippen LogP contribution in [0.4, 0.5) is 5.69 Å². The number of benzene rings is 1. The Hall–Kier alpha value is -1.77. The van der Waals surface area contributed by atoms with Crippen LogP contribution in [0.5, 0.6) is 5.75 Å². The molecule has 0 heterocycles. The summed E-state index contributed by atoms with van der Waals surface area (Å²) < 4.78 is 0. The Balaban J connectivity index is 3.06. The number of aryl methyl sites for hydroxylation is 1. The summed E-state index contributed by atoms with van der Waals surface area (Å²) in [4.78, 5) is 0. The molecule has 104 valence electrons. The van der Waals surface area contributed by atoms with Crippen molar-refractivity contribution >= 4 is 12.4 Å². The summed E-state index contributed by atoms with van der Waals surface area (Å²) in [7, 11) is 0. The Labute approximate surface area is 116 Å². The normalized spacial score (nSPS) is 11.4. The molecule has 0 aliphatic carbocycles. The van der Waals surface area contributed by atoms with Crippen LogP contribution in [0.3, 0.4) is 0 Å². The third kappa shape index (κ3) is 4.12. The highest BCUT2D eigenvalue weighted by atomic mass is 16.3. The first-order valence-corrected chi connectivity index (χ1v) is 6.93. The van der Waals surface area contributed by atoms with Crippen molar-refractivity contribution in [2.75, 3.05) is 5.01 Å². The second-order valence-corrected chi connectivity index (χ2v) is 4.55. The van der Waals surface area contributed by atoms with Crippen LogP contribution < -0.4 is 5.01 Å². The van der Waals surface area contributed by atoms with Gasteiger partial charge in [0.1, 0.15) is 11.4 Å². The number of hydrogen-bond acceptors (Lipinski definition) is 3. The number of rotatable bonds is 7. The van der Waals surface area contributed by atoms with Crippen LogP contribution in [0.1, 0.15) is 45.6 Å². The molecule has 1 aromatic carbocycles. The zero-order chi connectivity index (χ0) is 14.3. The average Bonchev–Trinajstić information content (AvgIpc) is 2.43. The predicted octanol–water partition coefficient (Wildman–Crippen LogP) is 4.47. The molecule has 1 aromatic rings. The topological polar surface area (TPSA) is 35.8 Å². The van der Waals surface area contributed by atoms with E-state index in [2.05, 4.69) is 32.6 Å². The van der Waals surface area contributed by atoms with Crippen molar-refractivity contribution in [1.82, 2.24) is 0 Å². The fraction of sp³-hybridized carbons (Fsp3) is 0.438. The molecule has 3 nitrogen and oxygen atoms in total. The van der Waals surface area contributed by atoms with Crippen molar-refractivity contribution in [3.8, 4) is 5.75 Å². The molecule has 0 saturated heterocycles. The lowest BCUT2D eigenvalue weighted by Crippen LogP contribution is -2.08. The Morgan fingerprint density at radius 2 is 2.11 bits per heavy atom. The lowest BCUT2D eigenvalue weighted by molar-refractivity contribution is 0.475. The molecular formula is C16H24N2O. The van der Waals surface area contributed by atoms with Gasteiger partial charge in [-0.3, -0.25) is 0 Å². The standard InChI is InChI=1S/C16H24N2O/c1-5-8-14(7-3)12-18(17-4)15-10-9-13(6-2)11-16(15)19/h9-12,19H,4-8H2,1-3H3/b14-12-. The molecule has 0 amide bonds. The highest BCUT2D eigenvalue weighted by molar-refractivity contribution is 5.61. The molecule has 0 aliphatic rings. The van der Waals surface area contributed by atoms with Crippen LogP contribution in [0.15, 0.2) is 35.1 Å². The Bertz CT molecular complexity index is 452. The van der Waals surface area contributed by atoms with Crippen LogP contribution in [-0.2, 0) is 6.42 Å². The van der Waals surface area contributed by atoms with E-state index in [1.165, 1.54) is 5.57 Å². The maximum Gasteiger partial charge on any atom is 0.141 e. The van der Waals surface area contributed by atoms with E-state index in [4.69, 9.17) is 0 Å². The fourth-order valence-electron chi connectivity index (χ4n) is 2.00. The van der Waals surface area contributed by atoms with Gasteiger partial charge in [-0.2, -0.15) is 5.10 Å². The minimum absolute atomic E-state index is 0.245. The summed E-state index contributed by atoms with van der Waals surface area (Å²) in [5.74, 6) is 0.245. The molecule has 0 radical (unpaired) electrons. The lowest BCUT2D eigenvalue weighted by Gasteiger charge is -2.18. The molecule has 1 N–H and O–H groups in total. The second kappa shape index (κ2) is 7.62. The molecule has 0 fully saturated rings. The average molecular weight is 260 g/mol. The number of anilines is 1. The zero-order valence-corrected chi connectivity index (χ0v) is 12.2. The van der Waals surface area contributed by atoms with E-state index >= 15 is 0 Å². The van der Waals surface area contributed by atoms with Gasteiger partial charge in [-0.25, -0.2) is 5.01 Å². The van der Waals surface area contributed by atoms with Crippen LogP contribution in [0.25, 0.3) is 0 Å². The van der Waals surface area contributed by atoms with Crippen LogP contribution >= 0.6 is 0 Å².